The summed E-state index contributed by atoms with van der Waals surface area (Å²) in [6.07, 6.45) is 11.6. The first kappa shape index (κ1) is 15.7. The van der Waals surface area contributed by atoms with E-state index in [0.29, 0.717) is 5.95 Å². The number of nitrogens with one attached hydrogen (secondary N) is 1. The van der Waals surface area contributed by atoms with Gasteiger partial charge in [0.25, 0.3) is 0 Å². The highest BCUT2D eigenvalue weighted by Crippen LogP contribution is 2.30. The third-order valence-electron chi connectivity index (χ3n) is 3.34. The third-order valence-corrected chi connectivity index (χ3v) is 3.34. The Balaban J connectivity index is 2.37. The van der Waals surface area contributed by atoms with E-state index in [1.807, 2.05) is 52.4 Å². The molecule has 5 nitrogen and oxygen atoms in total. The van der Waals surface area contributed by atoms with Crippen molar-refractivity contribution in [2.45, 2.75) is 20.8 Å². The summed E-state index contributed by atoms with van der Waals surface area (Å²) >= 11 is 0. The molecular formula is C17H21N5. The quantitative estimate of drug-likeness (QED) is 0.864. The van der Waals surface area contributed by atoms with Gasteiger partial charge in [-0.1, -0.05) is 12.7 Å². The van der Waals surface area contributed by atoms with Crippen molar-refractivity contribution in [3.05, 3.63) is 59.7 Å². The molecule has 0 aliphatic carbocycles. The van der Waals surface area contributed by atoms with Crippen molar-refractivity contribution in [3.63, 3.8) is 0 Å². The second-order valence-corrected chi connectivity index (χ2v) is 4.77. The van der Waals surface area contributed by atoms with Gasteiger partial charge in [-0.15, -0.1) is 0 Å². The van der Waals surface area contributed by atoms with Gasteiger partial charge in [-0.2, -0.15) is 5.10 Å². The van der Waals surface area contributed by atoms with E-state index in [2.05, 4.69) is 33.0 Å². The Morgan fingerprint density at radius 1 is 1.41 bits per heavy atom. The van der Waals surface area contributed by atoms with Crippen LogP contribution in [-0.4, -0.2) is 28.2 Å². The van der Waals surface area contributed by atoms with Crippen molar-refractivity contribution < 1.29 is 0 Å². The summed E-state index contributed by atoms with van der Waals surface area (Å²) in [6.45, 7) is 9.91. The van der Waals surface area contributed by atoms with Gasteiger partial charge in [0.15, 0.2) is 0 Å². The average molecular weight is 295 g/mol. The van der Waals surface area contributed by atoms with Gasteiger partial charge in [0.05, 0.1) is 11.4 Å². The first-order valence-electron chi connectivity index (χ1n) is 7.15. The van der Waals surface area contributed by atoms with Gasteiger partial charge in [0, 0.05) is 31.2 Å². The zero-order chi connectivity index (χ0) is 16.1. The number of aryl methyl sites for hydroxylation is 1. The van der Waals surface area contributed by atoms with Gasteiger partial charge < -0.3 is 5.32 Å². The highest BCUT2D eigenvalue weighted by molar-refractivity contribution is 5.83. The van der Waals surface area contributed by atoms with Crippen LogP contribution in [0.2, 0.25) is 0 Å². The number of allylic oxidation sites excluding steroid dienone is 5. The van der Waals surface area contributed by atoms with Crippen LogP contribution in [0.3, 0.4) is 0 Å². The van der Waals surface area contributed by atoms with Crippen LogP contribution in [0.25, 0.3) is 5.57 Å². The molecule has 2 rings (SSSR count). The standard InChI is InChI=1S/C17H21N5/c1-6-15(16-11-19-17(18-5)21-13(16)4)14-8-9-22(20-7-2)12(3)10-14/h6-11H,3H2,1-2,4-5H3,(H,18,19,21)/b15-6-,20-7-. The van der Waals surface area contributed by atoms with Gasteiger partial charge in [0.1, 0.15) is 0 Å². The maximum atomic E-state index is 4.45. The van der Waals surface area contributed by atoms with Crippen molar-refractivity contribution in [1.82, 2.24) is 15.0 Å². The highest BCUT2D eigenvalue weighted by atomic mass is 15.4. The zero-order valence-electron chi connectivity index (χ0n) is 13.5. The second-order valence-electron chi connectivity index (χ2n) is 4.77. The average Bonchev–Trinajstić information content (AvgIpc) is 2.52. The van der Waals surface area contributed by atoms with Gasteiger partial charge in [0.2, 0.25) is 5.95 Å². The summed E-state index contributed by atoms with van der Waals surface area (Å²) in [5.41, 5.74) is 4.91. The SMILES string of the molecule is C=C1C=C(/C(=C/C)c2cnc(NC)nc2C)C=CN1/N=C\C. The lowest BCUT2D eigenvalue weighted by Gasteiger charge is -2.21. The van der Waals surface area contributed by atoms with Crippen LogP contribution in [-0.2, 0) is 0 Å². The first-order chi connectivity index (χ1) is 10.6. The Kier molecular flexibility index (Phi) is 4.88. The Bertz CT molecular complexity index is 695. The van der Waals surface area contributed by atoms with Crippen LogP contribution in [0.5, 0.6) is 0 Å². The normalized spacial score (nSPS) is 15.5. The van der Waals surface area contributed by atoms with Crippen molar-refractivity contribution in [1.29, 1.82) is 0 Å². The molecule has 0 saturated heterocycles. The molecule has 5 heteroatoms. The van der Waals surface area contributed by atoms with Crippen molar-refractivity contribution in [3.8, 4) is 0 Å². The molecule has 1 aliphatic rings. The molecule has 0 radical (unpaired) electrons. The van der Waals surface area contributed by atoms with Gasteiger partial charge in [-0.3, -0.25) is 0 Å². The van der Waals surface area contributed by atoms with Gasteiger partial charge in [-0.05, 0) is 44.1 Å². The molecule has 0 spiro atoms. The second kappa shape index (κ2) is 6.85. The third kappa shape index (κ3) is 3.14. The lowest BCUT2D eigenvalue weighted by atomic mass is 9.95. The molecule has 0 atom stereocenters. The molecule has 1 aliphatic heterocycles. The summed E-state index contributed by atoms with van der Waals surface area (Å²) < 4.78 is 0. The predicted molar refractivity (Wildman–Crippen MR) is 92.3 cm³/mol. The Hall–Kier alpha value is -2.69. The van der Waals surface area contributed by atoms with Gasteiger partial charge >= 0.3 is 0 Å². The Morgan fingerprint density at radius 3 is 2.73 bits per heavy atom. The van der Waals surface area contributed by atoms with Crippen LogP contribution in [0.1, 0.15) is 25.1 Å². The van der Waals surface area contributed by atoms with Crippen LogP contribution in [0.4, 0.5) is 5.95 Å². The molecular weight excluding hydrogens is 274 g/mol. The number of hydrogen-bond donors (Lipinski definition) is 1. The largest absolute Gasteiger partial charge is 0.357 e. The van der Waals surface area contributed by atoms with Crippen LogP contribution < -0.4 is 5.32 Å². The fourth-order valence-electron chi connectivity index (χ4n) is 2.27. The van der Waals surface area contributed by atoms with E-state index in [9.17, 15) is 0 Å². The number of nitrogens with zero attached hydrogens (tertiary/aromatic N) is 4. The molecule has 114 valence electrons. The maximum absolute atomic E-state index is 4.45. The molecule has 0 bridgehead atoms. The van der Waals surface area contributed by atoms with E-state index in [0.717, 1.165) is 28.1 Å². The molecule has 1 N–H and O–H groups in total. The molecule has 0 fully saturated rings. The molecule has 0 aromatic carbocycles. The molecule has 1 aromatic rings. The Labute approximate surface area is 131 Å². The maximum Gasteiger partial charge on any atom is 0.222 e. The minimum atomic E-state index is 0.623. The minimum Gasteiger partial charge on any atom is -0.357 e. The van der Waals surface area contributed by atoms with Crippen LogP contribution >= 0.6 is 0 Å². The van der Waals surface area contributed by atoms with E-state index in [-0.39, 0.29) is 0 Å². The smallest absolute Gasteiger partial charge is 0.222 e. The summed E-state index contributed by atoms with van der Waals surface area (Å²) in [5.74, 6) is 0.623. The molecule has 22 heavy (non-hydrogen) atoms. The predicted octanol–water partition coefficient (Wildman–Crippen LogP) is 3.51. The van der Waals surface area contributed by atoms with Crippen LogP contribution in [0.15, 0.2) is 53.6 Å². The van der Waals surface area contributed by atoms with Crippen molar-refractivity contribution in [2.24, 2.45) is 5.10 Å². The molecule has 2 heterocycles. The molecule has 0 amide bonds. The fraction of sp³-hybridized carbons (Fsp3) is 0.235. The van der Waals surface area contributed by atoms with E-state index < -0.39 is 0 Å². The monoisotopic (exact) mass is 295 g/mol. The van der Waals surface area contributed by atoms with E-state index in [1.165, 1.54) is 0 Å². The Morgan fingerprint density at radius 2 is 2.18 bits per heavy atom. The number of anilines is 1. The number of aromatic nitrogens is 2. The zero-order valence-corrected chi connectivity index (χ0v) is 13.5. The fourth-order valence-corrected chi connectivity index (χ4v) is 2.27. The summed E-state index contributed by atoms with van der Waals surface area (Å²) in [7, 11) is 1.81. The lowest BCUT2D eigenvalue weighted by molar-refractivity contribution is 0.514. The summed E-state index contributed by atoms with van der Waals surface area (Å²) in [4.78, 5) is 8.76. The van der Waals surface area contributed by atoms with E-state index in [4.69, 9.17) is 0 Å². The van der Waals surface area contributed by atoms with E-state index in [1.54, 1.807) is 11.2 Å². The highest BCUT2D eigenvalue weighted by Gasteiger charge is 2.14. The van der Waals surface area contributed by atoms with Crippen molar-refractivity contribution >= 4 is 17.7 Å². The molecule has 1 aromatic heterocycles. The summed E-state index contributed by atoms with van der Waals surface area (Å²) in [5, 5.41) is 8.91. The molecule has 0 unspecified atom stereocenters. The molecule has 0 saturated carbocycles. The van der Waals surface area contributed by atoms with Crippen LogP contribution in [0, 0.1) is 6.92 Å². The van der Waals surface area contributed by atoms with E-state index >= 15 is 0 Å². The van der Waals surface area contributed by atoms with Crippen molar-refractivity contribution in [2.75, 3.05) is 12.4 Å². The topological polar surface area (TPSA) is 53.4 Å². The first-order valence-corrected chi connectivity index (χ1v) is 7.15. The minimum absolute atomic E-state index is 0.623. The number of hydrazone groups is 1. The lowest BCUT2D eigenvalue weighted by Crippen LogP contribution is -2.11. The van der Waals surface area contributed by atoms with Gasteiger partial charge in [-0.25, -0.2) is 15.0 Å². The number of rotatable bonds is 4. The summed E-state index contributed by atoms with van der Waals surface area (Å²) in [6, 6.07) is 0. The number of hydrogen-bond acceptors (Lipinski definition) is 5.